The Bertz CT molecular complexity index is 491. The van der Waals surface area contributed by atoms with Crippen molar-refractivity contribution < 1.29 is 28.9 Å². The number of ether oxygens (including phenoxy) is 1. The van der Waals surface area contributed by atoms with Crippen LogP contribution < -0.4 is 5.32 Å². The highest BCUT2D eigenvalue weighted by Gasteiger charge is 2.38. The number of alkyl carbamates (subject to hydrolysis) is 1. The third-order valence-electron chi connectivity index (χ3n) is 2.77. The first-order valence-corrected chi connectivity index (χ1v) is 6.52. The smallest absolute Gasteiger partial charge is 0.409 e. The fourth-order valence-corrected chi connectivity index (χ4v) is 1.59. The van der Waals surface area contributed by atoms with E-state index in [2.05, 4.69) is 0 Å². The number of rotatable bonds is 7. The van der Waals surface area contributed by atoms with Gasteiger partial charge in [0.15, 0.2) is 0 Å². The SMILES string of the molecule is CCCCOC(=O)NC(O)(Cc1ccc(F)cc1)C(=O)O. The molecule has 1 atom stereocenters. The number of aliphatic carboxylic acids is 1. The number of carbonyl (C=O) groups is 2. The number of halogens is 1. The Hall–Kier alpha value is -2.15. The van der Waals surface area contributed by atoms with E-state index in [1.54, 1.807) is 0 Å². The Kier molecular flexibility index (Phi) is 6.10. The highest BCUT2D eigenvalue weighted by molar-refractivity contribution is 5.82. The zero-order valence-electron chi connectivity index (χ0n) is 11.6. The summed E-state index contributed by atoms with van der Waals surface area (Å²) in [5, 5.41) is 21.0. The molecule has 1 rings (SSSR count). The van der Waals surface area contributed by atoms with Crippen LogP contribution in [-0.4, -0.2) is 34.6 Å². The second-order valence-corrected chi connectivity index (χ2v) is 4.58. The minimum atomic E-state index is -2.51. The van der Waals surface area contributed by atoms with Crippen LogP contribution in [0.1, 0.15) is 25.3 Å². The largest absolute Gasteiger partial charge is 0.478 e. The predicted octanol–water partition coefficient (Wildman–Crippen LogP) is 1.67. The molecule has 1 amide bonds. The molecule has 0 saturated carbocycles. The molecule has 6 nitrogen and oxygen atoms in total. The Labute approximate surface area is 121 Å². The van der Waals surface area contributed by atoms with Crippen LogP contribution in [0.4, 0.5) is 9.18 Å². The quantitative estimate of drug-likeness (QED) is 0.526. The Morgan fingerprint density at radius 1 is 1.33 bits per heavy atom. The van der Waals surface area contributed by atoms with E-state index in [9.17, 15) is 19.1 Å². The van der Waals surface area contributed by atoms with Gasteiger partial charge in [-0.15, -0.1) is 0 Å². The second kappa shape index (κ2) is 7.58. The van der Waals surface area contributed by atoms with Gasteiger partial charge in [0.2, 0.25) is 5.72 Å². The summed E-state index contributed by atoms with van der Waals surface area (Å²) >= 11 is 0. The maximum atomic E-state index is 12.8. The van der Waals surface area contributed by atoms with Crippen LogP contribution in [0.3, 0.4) is 0 Å². The zero-order chi connectivity index (χ0) is 15.9. The zero-order valence-corrected chi connectivity index (χ0v) is 11.6. The first-order chi connectivity index (χ1) is 9.87. The second-order valence-electron chi connectivity index (χ2n) is 4.58. The van der Waals surface area contributed by atoms with Crippen molar-refractivity contribution in [1.82, 2.24) is 5.32 Å². The Balaban J connectivity index is 2.71. The number of nitrogens with one attached hydrogen (secondary N) is 1. The predicted molar refractivity (Wildman–Crippen MR) is 72.1 cm³/mol. The van der Waals surface area contributed by atoms with Gasteiger partial charge >= 0.3 is 12.1 Å². The average Bonchev–Trinajstić information content (AvgIpc) is 2.41. The third kappa shape index (κ3) is 5.39. The van der Waals surface area contributed by atoms with E-state index in [-0.39, 0.29) is 6.61 Å². The molecule has 116 valence electrons. The van der Waals surface area contributed by atoms with Gasteiger partial charge in [0.25, 0.3) is 0 Å². The van der Waals surface area contributed by atoms with Gasteiger partial charge in [-0.05, 0) is 24.1 Å². The molecule has 1 aromatic carbocycles. The van der Waals surface area contributed by atoms with Crippen LogP contribution >= 0.6 is 0 Å². The molecule has 1 aromatic rings. The highest BCUT2D eigenvalue weighted by Crippen LogP contribution is 2.13. The van der Waals surface area contributed by atoms with E-state index >= 15 is 0 Å². The maximum Gasteiger partial charge on any atom is 0.409 e. The van der Waals surface area contributed by atoms with Crippen LogP contribution in [-0.2, 0) is 16.0 Å². The van der Waals surface area contributed by atoms with Crippen molar-refractivity contribution in [2.75, 3.05) is 6.61 Å². The number of unbranched alkanes of at least 4 members (excludes halogenated alkanes) is 1. The fourth-order valence-electron chi connectivity index (χ4n) is 1.59. The first kappa shape index (κ1) is 16.9. The number of carboxylic acids is 1. The van der Waals surface area contributed by atoms with Crippen molar-refractivity contribution in [1.29, 1.82) is 0 Å². The number of carboxylic acid groups (broad SMARTS) is 1. The molecule has 0 aliphatic heterocycles. The molecular weight excluding hydrogens is 281 g/mol. The lowest BCUT2D eigenvalue weighted by Gasteiger charge is -2.24. The maximum absolute atomic E-state index is 12.8. The molecule has 0 spiro atoms. The molecular formula is C14H18FNO5. The van der Waals surface area contributed by atoms with Gasteiger partial charge in [-0.25, -0.2) is 14.0 Å². The molecule has 0 saturated heterocycles. The molecule has 0 aromatic heterocycles. The van der Waals surface area contributed by atoms with Crippen molar-refractivity contribution in [3.63, 3.8) is 0 Å². The van der Waals surface area contributed by atoms with Crippen molar-refractivity contribution in [2.24, 2.45) is 0 Å². The monoisotopic (exact) mass is 299 g/mol. The molecule has 21 heavy (non-hydrogen) atoms. The van der Waals surface area contributed by atoms with Gasteiger partial charge in [-0.3, -0.25) is 5.32 Å². The minimum Gasteiger partial charge on any atom is -0.478 e. The number of carbonyl (C=O) groups excluding carboxylic acids is 1. The summed E-state index contributed by atoms with van der Waals surface area (Å²) in [5.41, 5.74) is -2.16. The van der Waals surface area contributed by atoms with Gasteiger partial charge in [0, 0.05) is 6.42 Å². The van der Waals surface area contributed by atoms with Crippen molar-refractivity contribution in [2.45, 2.75) is 31.9 Å². The van der Waals surface area contributed by atoms with Crippen LogP contribution in [0.5, 0.6) is 0 Å². The lowest BCUT2D eigenvalue weighted by Crippen LogP contribution is -2.56. The Morgan fingerprint density at radius 2 is 1.95 bits per heavy atom. The van der Waals surface area contributed by atoms with Crippen molar-refractivity contribution >= 4 is 12.1 Å². The summed E-state index contributed by atoms with van der Waals surface area (Å²) in [6.45, 7) is 2.04. The molecule has 0 aliphatic rings. The summed E-state index contributed by atoms with van der Waals surface area (Å²) < 4.78 is 17.5. The molecule has 7 heteroatoms. The molecule has 1 unspecified atom stereocenters. The standard InChI is InChI=1S/C14H18FNO5/c1-2-3-8-21-13(19)16-14(20,12(17)18)9-10-4-6-11(15)7-5-10/h4-7,20H,2-3,8-9H2,1H3,(H,16,19)(H,17,18). The van der Waals surface area contributed by atoms with Crippen LogP contribution in [0.2, 0.25) is 0 Å². The number of aliphatic hydroxyl groups is 1. The number of hydrogen-bond donors (Lipinski definition) is 3. The summed E-state index contributed by atoms with van der Waals surface area (Å²) in [4.78, 5) is 22.6. The van der Waals surface area contributed by atoms with Gasteiger partial charge in [0.1, 0.15) is 5.82 Å². The van der Waals surface area contributed by atoms with E-state index in [0.29, 0.717) is 12.0 Å². The molecule has 0 heterocycles. The molecule has 0 bridgehead atoms. The molecule has 0 fully saturated rings. The lowest BCUT2D eigenvalue weighted by molar-refractivity contribution is -0.161. The van der Waals surface area contributed by atoms with E-state index in [1.165, 1.54) is 12.1 Å². The van der Waals surface area contributed by atoms with E-state index < -0.39 is 30.0 Å². The summed E-state index contributed by atoms with van der Waals surface area (Å²) in [6.07, 6.45) is 0.0181. The fraction of sp³-hybridized carbons (Fsp3) is 0.429. The molecule has 3 N–H and O–H groups in total. The molecule has 0 radical (unpaired) electrons. The van der Waals surface area contributed by atoms with Crippen molar-refractivity contribution in [3.8, 4) is 0 Å². The Morgan fingerprint density at radius 3 is 2.48 bits per heavy atom. The van der Waals surface area contributed by atoms with Crippen LogP contribution in [0, 0.1) is 5.82 Å². The molecule has 0 aliphatic carbocycles. The normalized spacial score (nSPS) is 13.3. The van der Waals surface area contributed by atoms with Gasteiger partial charge in [-0.2, -0.15) is 0 Å². The van der Waals surface area contributed by atoms with Gasteiger partial charge < -0.3 is 14.9 Å². The van der Waals surface area contributed by atoms with Crippen LogP contribution in [0.15, 0.2) is 24.3 Å². The van der Waals surface area contributed by atoms with E-state index in [4.69, 9.17) is 9.84 Å². The minimum absolute atomic E-state index is 0.134. The third-order valence-corrected chi connectivity index (χ3v) is 2.77. The number of amides is 1. The lowest BCUT2D eigenvalue weighted by atomic mass is 10.0. The number of hydrogen-bond acceptors (Lipinski definition) is 4. The van der Waals surface area contributed by atoms with Gasteiger partial charge in [0.05, 0.1) is 6.61 Å². The summed E-state index contributed by atoms with van der Waals surface area (Å²) in [5.74, 6) is -2.11. The van der Waals surface area contributed by atoms with E-state index in [0.717, 1.165) is 18.6 Å². The summed E-state index contributed by atoms with van der Waals surface area (Å²) in [7, 11) is 0. The highest BCUT2D eigenvalue weighted by atomic mass is 19.1. The van der Waals surface area contributed by atoms with Crippen molar-refractivity contribution in [3.05, 3.63) is 35.6 Å². The van der Waals surface area contributed by atoms with E-state index in [1.807, 2.05) is 12.2 Å². The number of benzene rings is 1. The summed E-state index contributed by atoms with van der Waals surface area (Å²) in [6, 6.07) is 4.93. The average molecular weight is 299 g/mol. The topological polar surface area (TPSA) is 95.9 Å². The first-order valence-electron chi connectivity index (χ1n) is 6.52. The van der Waals surface area contributed by atoms with Crippen LogP contribution in [0.25, 0.3) is 0 Å². The van der Waals surface area contributed by atoms with Gasteiger partial charge in [-0.1, -0.05) is 25.5 Å².